The zero-order valence-corrected chi connectivity index (χ0v) is 12.3. The molecule has 0 saturated carbocycles. The van der Waals surface area contributed by atoms with Crippen molar-refractivity contribution in [1.29, 1.82) is 0 Å². The highest BCUT2D eigenvalue weighted by molar-refractivity contribution is 5.98. The van der Waals surface area contributed by atoms with Crippen LogP contribution in [0, 0.1) is 6.92 Å². The molecule has 1 aromatic carbocycles. The van der Waals surface area contributed by atoms with Crippen molar-refractivity contribution >= 4 is 22.7 Å². The second kappa shape index (κ2) is 5.52. The fourth-order valence-electron chi connectivity index (χ4n) is 2.55. The van der Waals surface area contributed by atoms with Crippen molar-refractivity contribution in [1.82, 2.24) is 15.0 Å². The van der Waals surface area contributed by atoms with Gasteiger partial charge in [0.2, 0.25) is 0 Å². The summed E-state index contributed by atoms with van der Waals surface area (Å²) in [5.74, 6) is 0.697. The van der Waals surface area contributed by atoms with Gasteiger partial charge in [0.25, 0.3) is 5.91 Å². The second-order valence-corrected chi connectivity index (χ2v) is 5.36. The molecule has 1 N–H and O–H groups in total. The van der Waals surface area contributed by atoms with Gasteiger partial charge in [0, 0.05) is 0 Å². The van der Waals surface area contributed by atoms with Gasteiger partial charge < -0.3 is 4.57 Å². The minimum atomic E-state index is -0.133. The van der Waals surface area contributed by atoms with Crippen LogP contribution in [0.3, 0.4) is 0 Å². The van der Waals surface area contributed by atoms with E-state index in [0.29, 0.717) is 0 Å². The van der Waals surface area contributed by atoms with Gasteiger partial charge in [0.1, 0.15) is 12.4 Å². The summed E-state index contributed by atoms with van der Waals surface area (Å²) in [4.78, 5) is 16.5. The van der Waals surface area contributed by atoms with Gasteiger partial charge in [0.15, 0.2) is 0 Å². The Bertz CT molecular complexity index is 755. The molecular formula is C16H18N4O. The molecule has 5 nitrogen and oxygen atoms in total. The zero-order valence-electron chi connectivity index (χ0n) is 12.3. The van der Waals surface area contributed by atoms with Gasteiger partial charge in [-0.2, -0.15) is 5.10 Å². The number of fused-ring (bicyclic) bond motifs is 1. The van der Waals surface area contributed by atoms with Crippen LogP contribution in [0.5, 0.6) is 0 Å². The fraction of sp³-hybridized carbons (Fsp3) is 0.312. The smallest absolute Gasteiger partial charge is 0.260 e. The number of nitrogens with zero attached hydrogens (tertiary/aromatic N) is 3. The van der Waals surface area contributed by atoms with E-state index >= 15 is 0 Å². The van der Waals surface area contributed by atoms with E-state index < -0.39 is 0 Å². The SMILES string of the molecule is CC1=C/C(=N/NC(=O)Cn2c(C)nc3ccccc32)CC1. The van der Waals surface area contributed by atoms with Crippen LogP contribution in [0.4, 0.5) is 0 Å². The van der Waals surface area contributed by atoms with Gasteiger partial charge in [-0.25, -0.2) is 10.4 Å². The maximum Gasteiger partial charge on any atom is 0.260 e. The third-order valence-corrected chi connectivity index (χ3v) is 3.66. The summed E-state index contributed by atoms with van der Waals surface area (Å²) in [6.45, 7) is 4.21. The second-order valence-electron chi connectivity index (χ2n) is 5.36. The lowest BCUT2D eigenvalue weighted by Crippen LogP contribution is -2.24. The predicted octanol–water partition coefficient (Wildman–Crippen LogP) is 2.56. The molecule has 0 atom stereocenters. The van der Waals surface area contributed by atoms with E-state index in [1.54, 1.807) is 0 Å². The first-order valence-corrected chi connectivity index (χ1v) is 7.08. The number of hydrazone groups is 1. The Labute approximate surface area is 123 Å². The zero-order chi connectivity index (χ0) is 14.8. The number of aryl methyl sites for hydroxylation is 1. The number of rotatable bonds is 3. The van der Waals surface area contributed by atoms with Gasteiger partial charge in [-0.1, -0.05) is 17.7 Å². The van der Waals surface area contributed by atoms with Crippen LogP contribution < -0.4 is 5.43 Å². The van der Waals surface area contributed by atoms with Crippen molar-refractivity contribution in [2.24, 2.45) is 5.10 Å². The average Bonchev–Trinajstić information content (AvgIpc) is 3.01. The molecule has 0 aliphatic heterocycles. The highest BCUT2D eigenvalue weighted by atomic mass is 16.2. The van der Waals surface area contributed by atoms with Gasteiger partial charge >= 0.3 is 0 Å². The first-order valence-electron chi connectivity index (χ1n) is 7.08. The third kappa shape index (κ3) is 2.86. The number of imidazole rings is 1. The molecule has 0 fully saturated rings. The molecule has 1 heterocycles. The third-order valence-electron chi connectivity index (χ3n) is 3.66. The van der Waals surface area contributed by atoms with E-state index in [9.17, 15) is 4.79 Å². The van der Waals surface area contributed by atoms with Crippen LogP contribution in [-0.4, -0.2) is 21.2 Å². The molecule has 1 aliphatic carbocycles. The monoisotopic (exact) mass is 282 g/mol. The molecule has 0 bridgehead atoms. The van der Waals surface area contributed by atoms with Crippen molar-refractivity contribution < 1.29 is 4.79 Å². The van der Waals surface area contributed by atoms with Crippen molar-refractivity contribution in [3.05, 3.63) is 41.7 Å². The lowest BCUT2D eigenvalue weighted by Gasteiger charge is -2.05. The largest absolute Gasteiger partial charge is 0.319 e. The maximum absolute atomic E-state index is 12.1. The van der Waals surface area contributed by atoms with Gasteiger partial charge in [-0.15, -0.1) is 0 Å². The number of carbonyl (C=O) groups excluding carboxylic acids is 1. The molecule has 2 aromatic rings. The van der Waals surface area contributed by atoms with E-state index in [4.69, 9.17) is 0 Å². The van der Waals surface area contributed by atoms with Crippen molar-refractivity contribution in [3.63, 3.8) is 0 Å². The highest BCUT2D eigenvalue weighted by Gasteiger charge is 2.11. The maximum atomic E-state index is 12.1. The van der Waals surface area contributed by atoms with E-state index in [1.807, 2.05) is 41.8 Å². The fourth-order valence-corrected chi connectivity index (χ4v) is 2.55. The predicted molar refractivity (Wildman–Crippen MR) is 83.0 cm³/mol. The molecular weight excluding hydrogens is 264 g/mol. The molecule has 0 radical (unpaired) electrons. The minimum absolute atomic E-state index is 0.133. The summed E-state index contributed by atoms with van der Waals surface area (Å²) in [6, 6.07) is 7.81. The number of allylic oxidation sites excluding steroid dienone is 2. The summed E-state index contributed by atoms with van der Waals surface area (Å²) in [7, 11) is 0. The number of hydrogen-bond donors (Lipinski definition) is 1. The first kappa shape index (κ1) is 13.5. The van der Waals surface area contributed by atoms with Crippen LogP contribution in [0.1, 0.15) is 25.6 Å². The average molecular weight is 282 g/mol. The standard InChI is InChI=1S/C16H18N4O/c1-11-7-8-13(9-11)18-19-16(21)10-20-12(2)17-14-5-3-4-6-15(14)20/h3-6,9H,7-8,10H2,1-2H3,(H,19,21)/b18-13+. The molecule has 5 heteroatoms. The number of aromatic nitrogens is 2. The molecule has 1 aliphatic rings. The van der Waals surface area contributed by atoms with Crippen molar-refractivity contribution in [3.8, 4) is 0 Å². The van der Waals surface area contributed by atoms with Crippen molar-refractivity contribution in [2.75, 3.05) is 0 Å². The summed E-state index contributed by atoms with van der Waals surface area (Å²) >= 11 is 0. The molecule has 1 amide bonds. The molecule has 0 spiro atoms. The summed E-state index contributed by atoms with van der Waals surface area (Å²) in [5, 5.41) is 4.17. The number of benzene rings is 1. The lowest BCUT2D eigenvalue weighted by molar-refractivity contribution is -0.121. The van der Waals surface area contributed by atoms with E-state index in [2.05, 4.69) is 22.4 Å². The van der Waals surface area contributed by atoms with E-state index in [0.717, 1.165) is 35.4 Å². The number of hydrogen-bond acceptors (Lipinski definition) is 3. The number of carbonyl (C=O) groups is 1. The lowest BCUT2D eigenvalue weighted by atomic mass is 10.3. The number of para-hydroxylation sites is 2. The first-order chi connectivity index (χ1) is 10.1. The molecule has 108 valence electrons. The molecule has 1 aromatic heterocycles. The van der Waals surface area contributed by atoms with E-state index in [1.165, 1.54) is 5.57 Å². The summed E-state index contributed by atoms with van der Waals surface area (Å²) in [5.41, 5.74) is 6.75. The summed E-state index contributed by atoms with van der Waals surface area (Å²) in [6.07, 6.45) is 3.96. The molecule has 0 saturated heterocycles. The van der Waals surface area contributed by atoms with Gasteiger partial charge in [0.05, 0.1) is 16.7 Å². The summed E-state index contributed by atoms with van der Waals surface area (Å²) < 4.78 is 1.90. The Hall–Kier alpha value is -2.43. The topological polar surface area (TPSA) is 59.3 Å². The Balaban J connectivity index is 1.73. The van der Waals surface area contributed by atoms with Crippen LogP contribution in [0.15, 0.2) is 41.0 Å². The quantitative estimate of drug-likeness (QED) is 0.879. The van der Waals surface area contributed by atoms with Crippen molar-refractivity contribution in [2.45, 2.75) is 33.2 Å². The minimum Gasteiger partial charge on any atom is -0.319 e. The van der Waals surface area contributed by atoms with Gasteiger partial charge in [-0.05, 0) is 44.9 Å². The van der Waals surface area contributed by atoms with Crippen LogP contribution in [0.2, 0.25) is 0 Å². The Kier molecular flexibility index (Phi) is 3.56. The normalized spacial score (nSPS) is 16.5. The number of amides is 1. The molecule has 0 unspecified atom stereocenters. The Morgan fingerprint density at radius 2 is 2.14 bits per heavy atom. The highest BCUT2D eigenvalue weighted by Crippen LogP contribution is 2.16. The van der Waals surface area contributed by atoms with E-state index in [-0.39, 0.29) is 12.5 Å². The van der Waals surface area contributed by atoms with Crippen LogP contribution in [0.25, 0.3) is 11.0 Å². The molecule has 21 heavy (non-hydrogen) atoms. The van der Waals surface area contributed by atoms with Crippen LogP contribution >= 0.6 is 0 Å². The molecule has 3 rings (SSSR count). The van der Waals surface area contributed by atoms with Gasteiger partial charge in [-0.3, -0.25) is 4.79 Å². The van der Waals surface area contributed by atoms with Crippen LogP contribution in [-0.2, 0) is 11.3 Å². The number of nitrogens with one attached hydrogen (secondary N) is 1. The Morgan fingerprint density at radius 1 is 1.33 bits per heavy atom. The Morgan fingerprint density at radius 3 is 2.90 bits per heavy atom.